The summed E-state index contributed by atoms with van der Waals surface area (Å²) in [5, 5.41) is 5.05. The average molecular weight is 327 g/mol. The van der Waals surface area contributed by atoms with Crippen molar-refractivity contribution in [3.8, 4) is 0 Å². The van der Waals surface area contributed by atoms with Gasteiger partial charge in [0, 0.05) is 45.5 Å². The molecule has 100 valence electrons. The molecule has 1 aromatic carbocycles. The molecule has 6 heteroatoms. The lowest BCUT2D eigenvalue weighted by molar-refractivity contribution is 0.475. The number of halogens is 3. The van der Waals surface area contributed by atoms with Crippen molar-refractivity contribution in [2.24, 2.45) is 0 Å². The van der Waals surface area contributed by atoms with Gasteiger partial charge in [-0.1, -0.05) is 34.8 Å². The third-order valence-electron chi connectivity index (χ3n) is 3.09. The van der Waals surface area contributed by atoms with Gasteiger partial charge in [-0.05, 0) is 25.0 Å². The van der Waals surface area contributed by atoms with Crippen LogP contribution < -0.4 is 5.32 Å². The molecule has 0 amide bonds. The van der Waals surface area contributed by atoms with E-state index < -0.39 is 10.8 Å². The maximum Gasteiger partial charge on any atom is 0.0652 e. The standard InChI is InChI=1S/C12H14Cl3NOS/c13-10-1-2-11(14)12(15)9(10)7-16-8-3-5-18(17)6-4-8/h1-2,8,16H,3-7H2. The summed E-state index contributed by atoms with van der Waals surface area (Å²) >= 11 is 18.2. The topological polar surface area (TPSA) is 29.1 Å². The van der Waals surface area contributed by atoms with Crippen LogP contribution in [0.2, 0.25) is 15.1 Å². The molecule has 1 heterocycles. The van der Waals surface area contributed by atoms with E-state index in [9.17, 15) is 4.21 Å². The molecule has 2 rings (SSSR count). The Balaban J connectivity index is 1.98. The second-order valence-electron chi connectivity index (χ2n) is 4.32. The lowest BCUT2D eigenvalue weighted by Gasteiger charge is -2.23. The summed E-state index contributed by atoms with van der Waals surface area (Å²) in [6, 6.07) is 3.83. The van der Waals surface area contributed by atoms with Crippen LogP contribution in [0.3, 0.4) is 0 Å². The minimum absolute atomic E-state index is 0.383. The van der Waals surface area contributed by atoms with Crippen molar-refractivity contribution >= 4 is 45.6 Å². The zero-order valence-electron chi connectivity index (χ0n) is 9.72. The highest BCUT2D eigenvalue weighted by Gasteiger charge is 2.18. The summed E-state index contributed by atoms with van der Waals surface area (Å²) in [5.41, 5.74) is 0.831. The second-order valence-corrected chi connectivity index (χ2v) is 7.21. The van der Waals surface area contributed by atoms with Gasteiger partial charge in [-0.2, -0.15) is 0 Å². The monoisotopic (exact) mass is 325 g/mol. The second kappa shape index (κ2) is 6.58. The quantitative estimate of drug-likeness (QED) is 0.859. The molecule has 1 N–H and O–H groups in total. The van der Waals surface area contributed by atoms with E-state index in [1.165, 1.54) is 0 Å². The third kappa shape index (κ3) is 3.61. The highest BCUT2D eigenvalue weighted by Crippen LogP contribution is 2.31. The van der Waals surface area contributed by atoms with Crippen molar-refractivity contribution in [3.63, 3.8) is 0 Å². The van der Waals surface area contributed by atoms with Crippen LogP contribution in [0.15, 0.2) is 12.1 Å². The number of hydrogen-bond donors (Lipinski definition) is 1. The zero-order valence-corrected chi connectivity index (χ0v) is 12.8. The maximum absolute atomic E-state index is 11.3. The highest BCUT2D eigenvalue weighted by molar-refractivity contribution is 7.85. The number of rotatable bonds is 3. The van der Waals surface area contributed by atoms with Gasteiger partial charge in [0.15, 0.2) is 0 Å². The van der Waals surface area contributed by atoms with Crippen LogP contribution >= 0.6 is 34.8 Å². The van der Waals surface area contributed by atoms with Crippen molar-refractivity contribution in [1.82, 2.24) is 5.32 Å². The van der Waals surface area contributed by atoms with Gasteiger partial charge in [0.1, 0.15) is 0 Å². The van der Waals surface area contributed by atoms with E-state index in [4.69, 9.17) is 34.8 Å². The Morgan fingerprint density at radius 3 is 2.44 bits per heavy atom. The Bertz CT molecular complexity index is 457. The van der Waals surface area contributed by atoms with Crippen molar-refractivity contribution in [1.29, 1.82) is 0 Å². The summed E-state index contributed by atoms with van der Waals surface area (Å²) in [7, 11) is -0.635. The van der Waals surface area contributed by atoms with Crippen LogP contribution in [-0.2, 0) is 17.3 Å². The van der Waals surface area contributed by atoms with Crippen LogP contribution in [0, 0.1) is 0 Å². The molecule has 1 aliphatic heterocycles. The number of benzene rings is 1. The predicted molar refractivity (Wildman–Crippen MR) is 79.2 cm³/mol. The predicted octanol–water partition coefficient (Wildman–Crippen LogP) is 3.65. The molecule has 0 atom stereocenters. The normalized spacial score (nSPS) is 24.2. The summed E-state index contributed by atoms with van der Waals surface area (Å²) in [5.74, 6) is 1.54. The minimum atomic E-state index is -0.635. The number of nitrogens with one attached hydrogen (secondary N) is 1. The molecule has 0 bridgehead atoms. The molecule has 1 saturated heterocycles. The average Bonchev–Trinajstić information content (AvgIpc) is 2.36. The van der Waals surface area contributed by atoms with E-state index in [0.29, 0.717) is 27.7 Å². The molecule has 18 heavy (non-hydrogen) atoms. The lowest BCUT2D eigenvalue weighted by atomic mass is 10.1. The molecule has 0 saturated carbocycles. The van der Waals surface area contributed by atoms with E-state index in [1.807, 2.05) is 0 Å². The Morgan fingerprint density at radius 2 is 1.78 bits per heavy atom. The first-order valence-corrected chi connectivity index (χ1v) is 8.41. The number of hydrogen-bond acceptors (Lipinski definition) is 2. The van der Waals surface area contributed by atoms with Gasteiger partial charge in [-0.15, -0.1) is 0 Å². The van der Waals surface area contributed by atoms with Crippen LogP contribution in [-0.4, -0.2) is 21.8 Å². The molecule has 2 nitrogen and oxygen atoms in total. The van der Waals surface area contributed by atoms with Crippen LogP contribution in [0.1, 0.15) is 18.4 Å². The van der Waals surface area contributed by atoms with Crippen molar-refractivity contribution in [2.45, 2.75) is 25.4 Å². The largest absolute Gasteiger partial charge is 0.310 e. The Labute approximate surface area is 124 Å². The van der Waals surface area contributed by atoms with Gasteiger partial charge in [0.05, 0.1) is 10.0 Å². The molecule has 0 aliphatic carbocycles. The molecular formula is C12H14Cl3NOS. The zero-order chi connectivity index (χ0) is 13.1. The van der Waals surface area contributed by atoms with Gasteiger partial charge in [-0.25, -0.2) is 0 Å². The van der Waals surface area contributed by atoms with Crippen molar-refractivity contribution < 1.29 is 4.21 Å². The fourth-order valence-electron chi connectivity index (χ4n) is 1.98. The first-order chi connectivity index (χ1) is 8.58. The molecule has 1 aromatic rings. The Hall–Kier alpha value is 0.200. The Kier molecular flexibility index (Phi) is 5.34. The van der Waals surface area contributed by atoms with Gasteiger partial charge >= 0.3 is 0 Å². The lowest BCUT2D eigenvalue weighted by Crippen LogP contribution is -2.35. The molecule has 1 aliphatic rings. The van der Waals surface area contributed by atoms with E-state index in [0.717, 1.165) is 29.9 Å². The van der Waals surface area contributed by atoms with Crippen LogP contribution in [0.4, 0.5) is 0 Å². The van der Waals surface area contributed by atoms with Gasteiger partial charge < -0.3 is 5.32 Å². The van der Waals surface area contributed by atoms with E-state index in [1.54, 1.807) is 12.1 Å². The first kappa shape index (κ1) is 14.6. The fourth-order valence-corrected chi connectivity index (χ4v) is 3.96. The summed E-state index contributed by atoms with van der Waals surface area (Å²) < 4.78 is 11.3. The molecular weight excluding hydrogens is 313 g/mol. The molecule has 0 radical (unpaired) electrons. The summed E-state index contributed by atoms with van der Waals surface area (Å²) in [6.45, 7) is 0.593. The molecule has 0 unspecified atom stereocenters. The minimum Gasteiger partial charge on any atom is -0.310 e. The summed E-state index contributed by atoms with van der Waals surface area (Å²) in [4.78, 5) is 0. The Morgan fingerprint density at radius 1 is 1.17 bits per heavy atom. The highest BCUT2D eigenvalue weighted by atomic mass is 35.5. The van der Waals surface area contributed by atoms with E-state index >= 15 is 0 Å². The summed E-state index contributed by atoms with van der Waals surface area (Å²) in [6.07, 6.45) is 1.87. The molecule has 0 spiro atoms. The molecule has 0 aromatic heterocycles. The fraction of sp³-hybridized carbons (Fsp3) is 0.500. The molecule has 1 fully saturated rings. The van der Waals surface area contributed by atoms with Crippen molar-refractivity contribution in [3.05, 3.63) is 32.8 Å². The van der Waals surface area contributed by atoms with Crippen LogP contribution in [0.25, 0.3) is 0 Å². The smallest absolute Gasteiger partial charge is 0.0652 e. The van der Waals surface area contributed by atoms with Gasteiger partial charge in [0.2, 0.25) is 0 Å². The SMILES string of the molecule is O=S1CCC(NCc2c(Cl)ccc(Cl)c2Cl)CC1. The van der Waals surface area contributed by atoms with E-state index in [2.05, 4.69) is 5.32 Å². The van der Waals surface area contributed by atoms with Gasteiger partial charge in [0.25, 0.3) is 0 Å². The van der Waals surface area contributed by atoms with Gasteiger partial charge in [-0.3, -0.25) is 4.21 Å². The first-order valence-electron chi connectivity index (χ1n) is 5.78. The van der Waals surface area contributed by atoms with E-state index in [-0.39, 0.29) is 0 Å². The van der Waals surface area contributed by atoms with Crippen molar-refractivity contribution in [2.75, 3.05) is 11.5 Å². The maximum atomic E-state index is 11.3. The van der Waals surface area contributed by atoms with Crippen LogP contribution in [0.5, 0.6) is 0 Å². The third-order valence-corrected chi connectivity index (χ3v) is 5.67.